The highest BCUT2D eigenvalue weighted by molar-refractivity contribution is 6.33. The average molecular weight is 233 g/mol. The molecule has 0 atom stereocenters. The second kappa shape index (κ2) is 2.85. The van der Waals surface area contributed by atoms with E-state index in [1.807, 2.05) is 0 Å². The van der Waals surface area contributed by atoms with E-state index >= 15 is 0 Å². The average Bonchev–Trinajstić information content (AvgIpc) is 2.73. The Morgan fingerprint density at radius 1 is 1.06 bits per heavy atom. The molecule has 1 saturated heterocycles. The van der Waals surface area contributed by atoms with Crippen LogP contribution < -0.4 is 4.90 Å². The van der Waals surface area contributed by atoms with Gasteiger partial charge in [-0.2, -0.15) is 0 Å². The highest BCUT2D eigenvalue weighted by atomic mass is 16.8. The predicted molar refractivity (Wildman–Crippen MR) is 53.7 cm³/mol. The highest BCUT2D eigenvalue weighted by Crippen LogP contribution is 2.45. The van der Waals surface area contributed by atoms with Crippen molar-refractivity contribution < 1.29 is 23.9 Å². The summed E-state index contributed by atoms with van der Waals surface area (Å²) >= 11 is 0. The zero-order chi connectivity index (χ0) is 12.2. The number of ether oxygens (including phenoxy) is 2. The Bertz CT molecular complexity index is 549. The summed E-state index contributed by atoms with van der Waals surface area (Å²) in [6.45, 7) is 0. The monoisotopic (exact) mass is 233 g/mol. The molecule has 1 aromatic rings. The quantitative estimate of drug-likeness (QED) is 0.462. The molecule has 1 aromatic carbocycles. The Morgan fingerprint density at radius 2 is 1.65 bits per heavy atom. The number of benzene rings is 1. The van der Waals surface area contributed by atoms with Crippen molar-refractivity contribution in [3.05, 3.63) is 29.8 Å². The molecule has 0 saturated carbocycles. The van der Waals surface area contributed by atoms with Gasteiger partial charge in [0.15, 0.2) is 0 Å². The van der Waals surface area contributed by atoms with Gasteiger partial charge in [-0.1, -0.05) is 12.1 Å². The normalized spacial score (nSPS) is 20.5. The standard InChI is InChI=1S/C11H7NO5/c1-12-7-5-3-2-4-6(7)11(10(12)15)16-8(13)9(14)17-11/h2-5H,1H3. The third-order valence-electron chi connectivity index (χ3n) is 2.85. The first-order chi connectivity index (χ1) is 8.06. The molecule has 2 aliphatic heterocycles. The minimum atomic E-state index is -1.92. The summed E-state index contributed by atoms with van der Waals surface area (Å²) in [5.74, 6) is -4.80. The van der Waals surface area contributed by atoms with E-state index in [1.165, 1.54) is 11.9 Å². The predicted octanol–water partition coefficient (Wildman–Crippen LogP) is -0.0842. The van der Waals surface area contributed by atoms with E-state index in [2.05, 4.69) is 0 Å². The van der Waals surface area contributed by atoms with Gasteiger partial charge in [-0.05, 0) is 12.1 Å². The fourth-order valence-corrected chi connectivity index (χ4v) is 2.05. The summed E-state index contributed by atoms with van der Waals surface area (Å²) in [6.07, 6.45) is 0. The number of hydrogen-bond donors (Lipinski definition) is 0. The number of esters is 2. The van der Waals surface area contributed by atoms with Crippen LogP contribution in [-0.2, 0) is 29.6 Å². The molecule has 86 valence electrons. The molecule has 1 spiro atoms. The largest absolute Gasteiger partial charge is 0.421 e. The molecule has 0 aromatic heterocycles. The molecule has 0 aliphatic carbocycles. The van der Waals surface area contributed by atoms with Gasteiger partial charge in [0.1, 0.15) is 0 Å². The lowest BCUT2D eigenvalue weighted by molar-refractivity contribution is -0.188. The van der Waals surface area contributed by atoms with Gasteiger partial charge >= 0.3 is 23.6 Å². The Kier molecular flexibility index (Phi) is 1.65. The summed E-state index contributed by atoms with van der Waals surface area (Å²) in [5, 5.41) is 0. The lowest BCUT2D eigenvalue weighted by atomic mass is 10.1. The number of nitrogens with zero attached hydrogens (tertiary/aromatic N) is 1. The Hall–Kier alpha value is -2.37. The van der Waals surface area contributed by atoms with Gasteiger partial charge < -0.3 is 14.4 Å². The van der Waals surface area contributed by atoms with Crippen LogP contribution in [0.25, 0.3) is 0 Å². The Labute approximate surface area is 95.7 Å². The molecule has 6 nitrogen and oxygen atoms in total. The molecular formula is C11H7NO5. The van der Waals surface area contributed by atoms with Gasteiger partial charge in [0.05, 0.1) is 11.3 Å². The van der Waals surface area contributed by atoms with Crippen LogP contribution >= 0.6 is 0 Å². The number of amides is 1. The maximum absolute atomic E-state index is 12.0. The number of anilines is 1. The molecule has 6 heteroatoms. The molecule has 3 rings (SSSR count). The number of hydrogen-bond acceptors (Lipinski definition) is 5. The maximum atomic E-state index is 12.0. The number of carbonyl (C=O) groups excluding carboxylic acids is 3. The summed E-state index contributed by atoms with van der Waals surface area (Å²) in [6, 6.07) is 6.68. The van der Waals surface area contributed by atoms with Crippen LogP contribution in [0.5, 0.6) is 0 Å². The minimum Gasteiger partial charge on any atom is -0.401 e. The summed E-state index contributed by atoms with van der Waals surface area (Å²) in [5.41, 5.74) is 0.923. The van der Waals surface area contributed by atoms with E-state index < -0.39 is 23.6 Å². The lowest BCUT2D eigenvalue weighted by Crippen LogP contribution is -2.39. The van der Waals surface area contributed by atoms with Crippen LogP contribution in [-0.4, -0.2) is 24.9 Å². The van der Waals surface area contributed by atoms with Gasteiger partial charge in [-0.3, -0.25) is 4.79 Å². The Balaban J connectivity index is 2.23. The number of fused-ring (bicyclic) bond motifs is 2. The van der Waals surface area contributed by atoms with Crippen molar-refractivity contribution in [2.45, 2.75) is 5.79 Å². The van der Waals surface area contributed by atoms with Crippen molar-refractivity contribution in [1.82, 2.24) is 0 Å². The molecule has 2 aliphatic rings. The van der Waals surface area contributed by atoms with Crippen LogP contribution in [0.15, 0.2) is 24.3 Å². The first-order valence-electron chi connectivity index (χ1n) is 4.90. The van der Waals surface area contributed by atoms with Crippen molar-refractivity contribution >= 4 is 23.5 Å². The van der Waals surface area contributed by atoms with Gasteiger partial charge in [0, 0.05) is 7.05 Å². The maximum Gasteiger partial charge on any atom is 0.421 e. The van der Waals surface area contributed by atoms with E-state index in [0.29, 0.717) is 11.3 Å². The Morgan fingerprint density at radius 3 is 2.29 bits per heavy atom. The molecular weight excluding hydrogens is 226 g/mol. The molecule has 1 fully saturated rings. The second-order valence-corrected chi connectivity index (χ2v) is 3.78. The van der Waals surface area contributed by atoms with Crippen LogP contribution in [0.2, 0.25) is 0 Å². The van der Waals surface area contributed by atoms with Gasteiger partial charge in [0.2, 0.25) is 0 Å². The van der Waals surface area contributed by atoms with Gasteiger partial charge in [0.25, 0.3) is 0 Å². The number of para-hydroxylation sites is 1. The topological polar surface area (TPSA) is 72.9 Å². The van der Waals surface area contributed by atoms with E-state index in [4.69, 9.17) is 9.47 Å². The van der Waals surface area contributed by atoms with Crippen LogP contribution in [0.4, 0.5) is 5.69 Å². The van der Waals surface area contributed by atoms with Crippen LogP contribution in [0.1, 0.15) is 5.56 Å². The zero-order valence-corrected chi connectivity index (χ0v) is 8.80. The third-order valence-corrected chi connectivity index (χ3v) is 2.85. The van der Waals surface area contributed by atoms with Crippen molar-refractivity contribution in [3.63, 3.8) is 0 Å². The number of likely N-dealkylation sites (N-methyl/N-ethyl adjacent to an activating group) is 1. The third kappa shape index (κ3) is 1.01. The first kappa shape index (κ1) is 9.83. The van der Waals surface area contributed by atoms with E-state index in [-0.39, 0.29) is 0 Å². The molecule has 0 radical (unpaired) electrons. The SMILES string of the molecule is CN1C(=O)C2(OC(=O)C(=O)O2)c2ccccc21. The van der Waals surface area contributed by atoms with Gasteiger partial charge in [-0.15, -0.1) is 0 Å². The van der Waals surface area contributed by atoms with E-state index in [0.717, 1.165) is 0 Å². The smallest absolute Gasteiger partial charge is 0.401 e. The van der Waals surface area contributed by atoms with Crippen molar-refractivity contribution in [3.8, 4) is 0 Å². The van der Waals surface area contributed by atoms with E-state index in [1.54, 1.807) is 24.3 Å². The van der Waals surface area contributed by atoms with Crippen molar-refractivity contribution in [2.24, 2.45) is 0 Å². The minimum absolute atomic E-state index is 0.367. The lowest BCUT2D eigenvalue weighted by Gasteiger charge is -2.18. The fourth-order valence-electron chi connectivity index (χ4n) is 2.05. The molecule has 0 unspecified atom stereocenters. The molecule has 1 amide bonds. The molecule has 2 heterocycles. The van der Waals surface area contributed by atoms with E-state index in [9.17, 15) is 14.4 Å². The summed E-state index contributed by atoms with van der Waals surface area (Å²) in [4.78, 5) is 35.6. The number of carbonyl (C=O) groups is 3. The highest BCUT2D eigenvalue weighted by Gasteiger charge is 2.62. The van der Waals surface area contributed by atoms with Gasteiger partial charge in [-0.25, -0.2) is 9.59 Å². The van der Waals surface area contributed by atoms with Crippen molar-refractivity contribution in [2.75, 3.05) is 11.9 Å². The second-order valence-electron chi connectivity index (χ2n) is 3.78. The molecule has 17 heavy (non-hydrogen) atoms. The fraction of sp³-hybridized carbons (Fsp3) is 0.182. The molecule has 0 bridgehead atoms. The van der Waals surface area contributed by atoms with Crippen molar-refractivity contribution in [1.29, 1.82) is 0 Å². The molecule has 0 N–H and O–H groups in total. The van der Waals surface area contributed by atoms with Crippen LogP contribution in [0, 0.1) is 0 Å². The number of rotatable bonds is 0. The summed E-state index contributed by atoms with van der Waals surface area (Å²) < 4.78 is 9.66. The summed E-state index contributed by atoms with van der Waals surface area (Å²) in [7, 11) is 1.52. The zero-order valence-electron chi connectivity index (χ0n) is 8.80. The van der Waals surface area contributed by atoms with Crippen LogP contribution in [0.3, 0.4) is 0 Å². The first-order valence-corrected chi connectivity index (χ1v) is 4.90.